The topological polar surface area (TPSA) is 55.1 Å². The van der Waals surface area contributed by atoms with E-state index in [0.717, 1.165) is 5.56 Å². The van der Waals surface area contributed by atoms with Crippen LogP contribution in [-0.4, -0.2) is 17.5 Å². The van der Waals surface area contributed by atoms with Gasteiger partial charge in [0.15, 0.2) is 0 Å². The van der Waals surface area contributed by atoms with Crippen LogP contribution in [0.15, 0.2) is 30.3 Å². The molecule has 0 saturated carbocycles. The summed E-state index contributed by atoms with van der Waals surface area (Å²) in [4.78, 5) is 12.1. The maximum absolute atomic E-state index is 12.1. The standard InChI is InChI=1S/C14H22N2O/c1-10(12-8-6-5-7-9-12)13(17)16-14(3,4)11(2)15/h5-11H,15H2,1-4H3,(H,16,17). The average Bonchev–Trinajstić information content (AvgIpc) is 2.28. The van der Waals surface area contributed by atoms with Crippen molar-refractivity contribution in [2.24, 2.45) is 5.73 Å². The van der Waals surface area contributed by atoms with Gasteiger partial charge in [-0.1, -0.05) is 30.3 Å². The lowest BCUT2D eigenvalue weighted by atomic mass is 9.94. The van der Waals surface area contributed by atoms with E-state index in [1.807, 2.05) is 58.0 Å². The molecule has 3 heteroatoms. The van der Waals surface area contributed by atoms with Crippen molar-refractivity contribution in [3.8, 4) is 0 Å². The van der Waals surface area contributed by atoms with Gasteiger partial charge < -0.3 is 11.1 Å². The summed E-state index contributed by atoms with van der Waals surface area (Å²) in [7, 11) is 0. The molecule has 0 aliphatic rings. The molecule has 2 unspecified atom stereocenters. The van der Waals surface area contributed by atoms with Crippen molar-refractivity contribution in [1.29, 1.82) is 0 Å². The van der Waals surface area contributed by atoms with Gasteiger partial charge in [0.05, 0.1) is 5.92 Å². The summed E-state index contributed by atoms with van der Waals surface area (Å²) in [5.41, 5.74) is 6.47. The second kappa shape index (κ2) is 5.32. The Bertz CT molecular complexity index is 371. The van der Waals surface area contributed by atoms with Crippen LogP contribution in [0.4, 0.5) is 0 Å². The van der Waals surface area contributed by atoms with Gasteiger partial charge in [-0.15, -0.1) is 0 Å². The number of rotatable bonds is 4. The highest BCUT2D eigenvalue weighted by molar-refractivity contribution is 5.83. The number of hydrogen-bond donors (Lipinski definition) is 2. The third kappa shape index (κ3) is 3.56. The number of carbonyl (C=O) groups excluding carboxylic acids is 1. The van der Waals surface area contributed by atoms with Gasteiger partial charge in [0.1, 0.15) is 0 Å². The van der Waals surface area contributed by atoms with E-state index in [2.05, 4.69) is 5.32 Å². The molecule has 0 bridgehead atoms. The Morgan fingerprint density at radius 2 is 1.76 bits per heavy atom. The van der Waals surface area contributed by atoms with E-state index >= 15 is 0 Å². The zero-order valence-corrected chi connectivity index (χ0v) is 11.0. The quantitative estimate of drug-likeness (QED) is 0.837. The summed E-state index contributed by atoms with van der Waals surface area (Å²) in [6.07, 6.45) is 0. The number of benzene rings is 1. The summed E-state index contributed by atoms with van der Waals surface area (Å²) in [6, 6.07) is 9.66. The van der Waals surface area contributed by atoms with E-state index < -0.39 is 0 Å². The van der Waals surface area contributed by atoms with Crippen molar-refractivity contribution >= 4 is 5.91 Å². The zero-order valence-electron chi connectivity index (χ0n) is 11.0. The average molecular weight is 234 g/mol. The number of carbonyl (C=O) groups is 1. The lowest BCUT2D eigenvalue weighted by molar-refractivity contribution is -0.124. The molecule has 0 fully saturated rings. The first-order chi connectivity index (χ1) is 7.84. The molecule has 94 valence electrons. The van der Waals surface area contributed by atoms with Crippen LogP contribution in [0.5, 0.6) is 0 Å². The molecule has 1 aromatic rings. The summed E-state index contributed by atoms with van der Waals surface area (Å²) in [6.45, 7) is 7.68. The minimum Gasteiger partial charge on any atom is -0.349 e. The Labute approximate surface area is 103 Å². The van der Waals surface area contributed by atoms with E-state index in [1.54, 1.807) is 0 Å². The molecule has 0 aromatic heterocycles. The first kappa shape index (κ1) is 13.7. The fourth-order valence-electron chi connectivity index (χ4n) is 1.43. The lowest BCUT2D eigenvalue weighted by Crippen LogP contribution is -2.55. The van der Waals surface area contributed by atoms with E-state index in [1.165, 1.54) is 0 Å². The van der Waals surface area contributed by atoms with E-state index in [4.69, 9.17) is 5.73 Å². The SMILES string of the molecule is CC(C(=O)NC(C)(C)C(C)N)c1ccccc1. The van der Waals surface area contributed by atoms with Gasteiger partial charge >= 0.3 is 0 Å². The Morgan fingerprint density at radius 3 is 2.24 bits per heavy atom. The highest BCUT2D eigenvalue weighted by Crippen LogP contribution is 2.16. The van der Waals surface area contributed by atoms with Crippen molar-refractivity contribution < 1.29 is 4.79 Å². The Hall–Kier alpha value is -1.35. The second-order valence-corrected chi connectivity index (χ2v) is 5.13. The summed E-state index contributed by atoms with van der Waals surface area (Å²) in [5.74, 6) is -0.146. The zero-order chi connectivity index (χ0) is 13.1. The van der Waals surface area contributed by atoms with Gasteiger partial charge in [-0.05, 0) is 33.3 Å². The van der Waals surface area contributed by atoms with Crippen molar-refractivity contribution in [2.45, 2.75) is 45.2 Å². The van der Waals surface area contributed by atoms with Crippen LogP contribution in [0.3, 0.4) is 0 Å². The molecule has 1 aromatic carbocycles. The monoisotopic (exact) mass is 234 g/mol. The van der Waals surface area contributed by atoms with Crippen LogP contribution in [0.1, 0.15) is 39.2 Å². The summed E-state index contributed by atoms with van der Waals surface area (Å²) in [5, 5.41) is 2.99. The summed E-state index contributed by atoms with van der Waals surface area (Å²) >= 11 is 0. The Balaban J connectivity index is 2.72. The molecule has 3 N–H and O–H groups in total. The number of amides is 1. The second-order valence-electron chi connectivity index (χ2n) is 5.13. The van der Waals surface area contributed by atoms with Gasteiger partial charge in [-0.2, -0.15) is 0 Å². The smallest absolute Gasteiger partial charge is 0.227 e. The lowest BCUT2D eigenvalue weighted by Gasteiger charge is -2.31. The van der Waals surface area contributed by atoms with E-state index in [0.29, 0.717) is 0 Å². The maximum atomic E-state index is 12.1. The highest BCUT2D eigenvalue weighted by atomic mass is 16.2. The molecule has 1 rings (SSSR count). The molecule has 17 heavy (non-hydrogen) atoms. The van der Waals surface area contributed by atoms with Crippen LogP contribution in [0, 0.1) is 0 Å². The molecule has 1 amide bonds. The summed E-state index contributed by atoms with van der Waals surface area (Å²) < 4.78 is 0. The molecule has 0 aliphatic carbocycles. The molecule has 0 aliphatic heterocycles. The molecular weight excluding hydrogens is 212 g/mol. The minimum absolute atomic E-state index is 0.0125. The normalized spacial score (nSPS) is 15.1. The highest BCUT2D eigenvalue weighted by Gasteiger charge is 2.27. The van der Waals surface area contributed by atoms with Gasteiger partial charge in [0.25, 0.3) is 0 Å². The Morgan fingerprint density at radius 1 is 1.24 bits per heavy atom. The fraction of sp³-hybridized carbons (Fsp3) is 0.500. The van der Waals surface area contributed by atoms with Gasteiger partial charge in [-0.3, -0.25) is 4.79 Å². The molecule has 0 spiro atoms. The fourth-order valence-corrected chi connectivity index (χ4v) is 1.43. The molecule has 3 nitrogen and oxygen atoms in total. The van der Waals surface area contributed by atoms with Crippen molar-refractivity contribution in [3.05, 3.63) is 35.9 Å². The predicted molar refractivity (Wildman–Crippen MR) is 70.7 cm³/mol. The molecule has 2 atom stereocenters. The van der Waals surface area contributed by atoms with Crippen molar-refractivity contribution in [3.63, 3.8) is 0 Å². The molecule has 0 heterocycles. The first-order valence-corrected chi connectivity index (χ1v) is 5.97. The van der Waals surface area contributed by atoms with Crippen LogP contribution in [-0.2, 0) is 4.79 Å². The molecule has 0 saturated heterocycles. The van der Waals surface area contributed by atoms with Gasteiger partial charge in [-0.25, -0.2) is 0 Å². The van der Waals surface area contributed by atoms with Crippen molar-refractivity contribution in [1.82, 2.24) is 5.32 Å². The largest absolute Gasteiger partial charge is 0.349 e. The maximum Gasteiger partial charge on any atom is 0.227 e. The van der Waals surface area contributed by atoms with Gasteiger partial charge in [0, 0.05) is 11.6 Å². The van der Waals surface area contributed by atoms with Crippen LogP contribution in [0.25, 0.3) is 0 Å². The van der Waals surface area contributed by atoms with Crippen molar-refractivity contribution in [2.75, 3.05) is 0 Å². The van der Waals surface area contributed by atoms with Crippen LogP contribution in [0.2, 0.25) is 0 Å². The van der Waals surface area contributed by atoms with E-state index in [9.17, 15) is 4.79 Å². The number of nitrogens with one attached hydrogen (secondary N) is 1. The number of hydrogen-bond acceptors (Lipinski definition) is 2. The third-order valence-corrected chi connectivity index (χ3v) is 3.28. The third-order valence-electron chi connectivity index (χ3n) is 3.28. The minimum atomic E-state index is -0.389. The predicted octanol–water partition coefficient (Wildman–Crippen LogP) is 2.03. The van der Waals surface area contributed by atoms with Crippen LogP contribution < -0.4 is 11.1 Å². The first-order valence-electron chi connectivity index (χ1n) is 5.97. The number of nitrogens with two attached hydrogens (primary N) is 1. The van der Waals surface area contributed by atoms with E-state index in [-0.39, 0.29) is 23.4 Å². The molecular formula is C14H22N2O. The molecule has 0 radical (unpaired) electrons. The van der Waals surface area contributed by atoms with Gasteiger partial charge in [0.2, 0.25) is 5.91 Å². The Kier molecular flexibility index (Phi) is 4.29. The van der Waals surface area contributed by atoms with Crippen LogP contribution >= 0.6 is 0 Å².